The number of fused-ring (bicyclic) bond motifs is 1. The number of hydrogen-bond donors (Lipinski definition) is 6. The van der Waals surface area contributed by atoms with Crippen LogP contribution in [0.15, 0.2) is 66.7 Å². The van der Waals surface area contributed by atoms with Crippen molar-refractivity contribution in [1.82, 2.24) is 26.1 Å². The number of urea groups is 1. The van der Waals surface area contributed by atoms with E-state index in [-0.39, 0.29) is 18.2 Å². The van der Waals surface area contributed by atoms with Gasteiger partial charge in [-0.3, -0.25) is 19.8 Å². The number of hydrazine groups is 1. The van der Waals surface area contributed by atoms with Crippen molar-refractivity contribution in [2.45, 2.75) is 83.0 Å². The molecule has 1 aromatic heterocycles. The second-order valence-corrected chi connectivity index (χ2v) is 13.7. The standard InChI is InChI=1S/C36H49N7O5/c1-36(2,3)41-35(48)42-43(21-23-12-6-4-7-13-23)22-29(44)31(32(38)25-15-8-5-9-16-25)33(46)28(20-30(37)45)40-34(47)27-19-18-24-14-10-11-17-26(24)39-27/h5,8-11,14-19,23,28-29,31-32,44H,4,6-7,12-13,20-22,38H2,1-3H3,(H2,37,45)(H,40,47)(H2,41,42,48)/t28-,29-,31?,32?/m0/s1. The van der Waals surface area contributed by atoms with Crippen molar-refractivity contribution in [3.63, 3.8) is 0 Å². The lowest BCUT2D eigenvalue weighted by atomic mass is 9.82. The molecule has 2 unspecified atom stereocenters. The van der Waals surface area contributed by atoms with Crippen LogP contribution in [0.25, 0.3) is 10.9 Å². The van der Waals surface area contributed by atoms with Crippen LogP contribution in [0.5, 0.6) is 0 Å². The normalized spacial score (nSPS) is 16.5. The van der Waals surface area contributed by atoms with Gasteiger partial charge in [-0.1, -0.05) is 73.9 Å². The number of aliphatic hydroxyl groups excluding tert-OH is 1. The Bertz CT molecular complexity index is 1560. The highest BCUT2D eigenvalue weighted by molar-refractivity contribution is 6.00. The number of nitrogens with two attached hydrogens (primary N) is 2. The lowest BCUT2D eigenvalue weighted by molar-refractivity contribution is -0.132. The summed E-state index contributed by atoms with van der Waals surface area (Å²) < 4.78 is 0. The number of Topliss-reactive ketones (excluding diaryl/α,β-unsaturated/α-hetero) is 1. The Labute approximate surface area is 282 Å². The zero-order valence-corrected chi connectivity index (χ0v) is 28.0. The van der Waals surface area contributed by atoms with Gasteiger partial charge in [-0.05, 0) is 57.2 Å². The summed E-state index contributed by atoms with van der Waals surface area (Å²) in [6.45, 7) is 5.92. The Balaban J connectivity index is 1.63. The average Bonchev–Trinajstić information content (AvgIpc) is 3.03. The number of ketones is 1. The highest BCUT2D eigenvalue weighted by Gasteiger charge is 2.40. The number of nitrogens with zero attached hydrogens (tertiary/aromatic N) is 2. The van der Waals surface area contributed by atoms with Gasteiger partial charge < -0.3 is 27.2 Å². The molecule has 0 radical (unpaired) electrons. The molecule has 48 heavy (non-hydrogen) atoms. The molecule has 12 nitrogen and oxygen atoms in total. The summed E-state index contributed by atoms with van der Waals surface area (Å²) in [5.41, 5.74) is 15.9. The van der Waals surface area contributed by atoms with Gasteiger partial charge in [0.15, 0.2) is 5.78 Å². The third-order valence-electron chi connectivity index (χ3n) is 8.56. The monoisotopic (exact) mass is 659 g/mol. The summed E-state index contributed by atoms with van der Waals surface area (Å²) in [7, 11) is 0. The number of amides is 4. The number of nitrogens with one attached hydrogen (secondary N) is 3. The van der Waals surface area contributed by atoms with Gasteiger partial charge in [0.2, 0.25) is 5.91 Å². The first-order valence-corrected chi connectivity index (χ1v) is 16.6. The summed E-state index contributed by atoms with van der Waals surface area (Å²) in [5.74, 6) is -3.16. The molecule has 1 heterocycles. The molecule has 3 aromatic rings. The van der Waals surface area contributed by atoms with Gasteiger partial charge in [0.1, 0.15) is 5.69 Å². The van der Waals surface area contributed by atoms with E-state index in [1.807, 2.05) is 32.9 Å². The van der Waals surface area contributed by atoms with Crippen molar-refractivity contribution in [2.24, 2.45) is 23.3 Å². The Hall–Kier alpha value is -4.39. The van der Waals surface area contributed by atoms with Gasteiger partial charge in [-0.25, -0.2) is 14.8 Å². The van der Waals surface area contributed by atoms with Gasteiger partial charge >= 0.3 is 6.03 Å². The van der Waals surface area contributed by atoms with Crippen molar-refractivity contribution >= 4 is 34.5 Å². The van der Waals surface area contributed by atoms with Crippen LogP contribution in [-0.2, 0) is 9.59 Å². The summed E-state index contributed by atoms with van der Waals surface area (Å²) in [4.78, 5) is 57.4. The molecule has 1 aliphatic rings. The lowest BCUT2D eigenvalue weighted by Crippen LogP contribution is -2.57. The summed E-state index contributed by atoms with van der Waals surface area (Å²) in [6.07, 6.45) is 3.36. The highest BCUT2D eigenvalue weighted by Crippen LogP contribution is 2.28. The summed E-state index contributed by atoms with van der Waals surface area (Å²) in [5, 5.41) is 19.8. The van der Waals surface area contributed by atoms with Gasteiger partial charge in [-0.15, -0.1) is 0 Å². The molecule has 4 amide bonds. The van der Waals surface area contributed by atoms with Crippen molar-refractivity contribution in [3.8, 4) is 0 Å². The van der Waals surface area contributed by atoms with Crippen LogP contribution in [0.1, 0.15) is 81.4 Å². The number of aromatic nitrogens is 1. The van der Waals surface area contributed by atoms with Crippen LogP contribution in [0, 0.1) is 11.8 Å². The van der Waals surface area contributed by atoms with Gasteiger partial charge in [-0.2, -0.15) is 0 Å². The van der Waals surface area contributed by atoms with Gasteiger partial charge in [0.05, 0.1) is 30.0 Å². The molecule has 4 atom stereocenters. The fourth-order valence-corrected chi connectivity index (χ4v) is 6.27. The molecule has 0 aliphatic heterocycles. The van der Waals surface area contributed by atoms with E-state index in [0.717, 1.165) is 37.5 Å². The zero-order valence-electron chi connectivity index (χ0n) is 28.0. The third-order valence-corrected chi connectivity index (χ3v) is 8.56. The number of para-hydroxylation sites is 1. The second-order valence-electron chi connectivity index (χ2n) is 13.7. The Morgan fingerprint density at radius 1 is 0.958 bits per heavy atom. The number of benzene rings is 2. The fraction of sp³-hybridized carbons (Fsp3) is 0.472. The van der Waals surface area contributed by atoms with Crippen LogP contribution in [0.2, 0.25) is 0 Å². The smallest absolute Gasteiger partial charge is 0.329 e. The molecule has 258 valence electrons. The van der Waals surface area contributed by atoms with E-state index >= 15 is 0 Å². The molecule has 12 heteroatoms. The molecule has 8 N–H and O–H groups in total. The van der Waals surface area contributed by atoms with Crippen LogP contribution in [-0.4, -0.2) is 69.5 Å². The number of primary amides is 1. The number of carbonyl (C=O) groups excluding carboxylic acids is 4. The molecular weight excluding hydrogens is 610 g/mol. The molecule has 0 bridgehead atoms. The lowest BCUT2D eigenvalue weighted by Gasteiger charge is -2.36. The van der Waals surface area contributed by atoms with Gasteiger partial charge in [0, 0.05) is 30.1 Å². The highest BCUT2D eigenvalue weighted by atomic mass is 16.3. The molecule has 2 aromatic carbocycles. The minimum absolute atomic E-state index is 0.0492. The largest absolute Gasteiger partial charge is 0.391 e. The SMILES string of the molecule is CC(C)(C)NC(=O)NN(CC1CCCCC1)C[C@H](O)C(C(=O)[C@H](CC(N)=O)NC(=O)c1ccc2ccccc2n1)C(N)c1ccccc1. The van der Waals surface area contributed by atoms with Gasteiger partial charge in [0.25, 0.3) is 5.91 Å². The fourth-order valence-electron chi connectivity index (χ4n) is 6.27. The van der Waals surface area contributed by atoms with Crippen LogP contribution >= 0.6 is 0 Å². The minimum Gasteiger partial charge on any atom is -0.391 e. The molecule has 1 saturated carbocycles. The van der Waals surface area contributed by atoms with E-state index in [2.05, 4.69) is 21.0 Å². The van der Waals surface area contributed by atoms with E-state index in [1.165, 1.54) is 6.07 Å². The Morgan fingerprint density at radius 2 is 1.62 bits per heavy atom. The maximum Gasteiger partial charge on any atom is 0.329 e. The molecule has 1 aliphatic carbocycles. The summed E-state index contributed by atoms with van der Waals surface area (Å²) in [6, 6.07) is 16.5. The first kappa shape index (κ1) is 36.4. The van der Waals surface area contributed by atoms with Crippen molar-refractivity contribution in [2.75, 3.05) is 13.1 Å². The van der Waals surface area contributed by atoms with E-state index in [9.17, 15) is 24.3 Å². The van der Waals surface area contributed by atoms with E-state index in [1.54, 1.807) is 53.5 Å². The first-order chi connectivity index (χ1) is 22.8. The minimum atomic E-state index is -1.41. The van der Waals surface area contributed by atoms with Crippen LogP contribution < -0.4 is 27.5 Å². The van der Waals surface area contributed by atoms with Crippen molar-refractivity contribution in [3.05, 3.63) is 78.0 Å². The van der Waals surface area contributed by atoms with Crippen LogP contribution in [0.3, 0.4) is 0 Å². The third kappa shape index (κ3) is 10.6. The number of hydrogen-bond acceptors (Lipinski definition) is 8. The number of pyridine rings is 1. The predicted molar refractivity (Wildman–Crippen MR) is 184 cm³/mol. The number of aliphatic hydroxyl groups is 1. The molecular formula is C36H49N7O5. The predicted octanol–water partition coefficient (Wildman–Crippen LogP) is 3.35. The first-order valence-electron chi connectivity index (χ1n) is 16.6. The number of rotatable bonds is 14. The molecule has 0 spiro atoms. The van der Waals surface area contributed by atoms with E-state index in [0.29, 0.717) is 17.6 Å². The van der Waals surface area contributed by atoms with Crippen LogP contribution in [0.4, 0.5) is 4.79 Å². The topological polar surface area (TPSA) is 193 Å². The average molecular weight is 660 g/mol. The zero-order chi connectivity index (χ0) is 34.8. The Kier molecular flexibility index (Phi) is 12.6. The maximum absolute atomic E-state index is 14.4. The van der Waals surface area contributed by atoms with E-state index < -0.39 is 59.7 Å². The summed E-state index contributed by atoms with van der Waals surface area (Å²) >= 11 is 0. The van der Waals surface area contributed by atoms with Crippen molar-refractivity contribution < 1.29 is 24.3 Å². The van der Waals surface area contributed by atoms with Crippen molar-refractivity contribution in [1.29, 1.82) is 0 Å². The quantitative estimate of drug-likeness (QED) is 0.142. The Morgan fingerprint density at radius 3 is 2.29 bits per heavy atom. The van der Waals surface area contributed by atoms with E-state index in [4.69, 9.17) is 11.5 Å². The molecule has 4 rings (SSSR count). The second kappa shape index (κ2) is 16.6. The molecule has 1 fully saturated rings. The molecule has 0 saturated heterocycles. The number of carbonyl (C=O) groups is 4. The maximum atomic E-state index is 14.4.